The molecule has 0 unspecified atom stereocenters. The first kappa shape index (κ1) is 34.2. The fourth-order valence-corrected chi connectivity index (χ4v) is 3.10. The fourth-order valence-electron chi connectivity index (χ4n) is 3.10. The number of nitrogens with one attached hydrogen (secondary N) is 2. The van der Waals surface area contributed by atoms with Crippen LogP contribution in [0.15, 0.2) is 53.5 Å². The summed E-state index contributed by atoms with van der Waals surface area (Å²) in [4.78, 5) is 44.1. The van der Waals surface area contributed by atoms with Crippen LogP contribution in [0.25, 0.3) is 0 Å². The Bertz CT molecular complexity index is 1670. The van der Waals surface area contributed by atoms with Crippen LogP contribution in [-0.2, 0) is 4.79 Å². The number of halogens is 2. The van der Waals surface area contributed by atoms with E-state index >= 15 is 0 Å². The van der Waals surface area contributed by atoms with Crippen LogP contribution in [0.2, 0.25) is 0 Å². The van der Waals surface area contributed by atoms with Gasteiger partial charge in [-0.3, -0.25) is 25.3 Å². The molecule has 0 aliphatic rings. The molecule has 0 saturated heterocycles. The molecular formula is C26H26F2N8O8. The lowest BCUT2D eigenvalue weighted by Crippen LogP contribution is -2.29. The summed E-state index contributed by atoms with van der Waals surface area (Å²) in [6.45, 7) is 7.91. The predicted octanol–water partition coefficient (Wildman–Crippen LogP) is 5.51. The molecule has 44 heavy (non-hydrogen) atoms. The van der Waals surface area contributed by atoms with Gasteiger partial charge < -0.3 is 14.8 Å². The Hall–Kier alpha value is -6.03. The quantitative estimate of drug-likeness (QED) is 0.110. The normalized spacial score (nSPS) is 9.77. The Morgan fingerprint density at radius 1 is 0.977 bits per heavy atom. The van der Waals surface area contributed by atoms with Gasteiger partial charge in [-0.15, -0.1) is 10.2 Å². The highest BCUT2D eigenvalue weighted by molar-refractivity contribution is 5.76. The van der Waals surface area contributed by atoms with Crippen molar-refractivity contribution in [3.63, 3.8) is 0 Å². The zero-order valence-corrected chi connectivity index (χ0v) is 23.7. The first-order valence-corrected chi connectivity index (χ1v) is 12.5. The number of carbonyl (C=O) groups is 1. The molecule has 0 atom stereocenters. The maximum Gasteiger partial charge on any atom is 0.342 e. The number of rotatable bonds is 8. The van der Waals surface area contributed by atoms with Gasteiger partial charge >= 0.3 is 17.4 Å². The summed E-state index contributed by atoms with van der Waals surface area (Å²) in [5.74, 6) is -1.46. The van der Waals surface area contributed by atoms with Gasteiger partial charge in [0.2, 0.25) is 29.3 Å². The second-order valence-corrected chi connectivity index (χ2v) is 8.27. The summed E-state index contributed by atoms with van der Waals surface area (Å²) in [6, 6.07) is 8.58. The van der Waals surface area contributed by atoms with E-state index in [1.165, 1.54) is 18.2 Å². The van der Waals surface area contributed by atoms with E-state index in [0.29, 0.717) is 18.8 Å². The number of hydrogen-bond acceptors (Lipinski definition) is 11. The minimum Gasteiger partial charge on any atom is -0.430 e. The van der Waals surface area contributed by atoms with Crippen molar-refractivity contribution in [3.05, 3.63) is 91.8 Å². The lowest BCUT2D eigenvalue weighted by Gasteiger charge is -2.04. The predicted molar refractivity (Wildman–Crippen MR) is 150 cm³/mol. The maximum atomic E-state index is 13.1. The summed E-state index contributed by atoms with van der Waals surface area (Å²) in [5, 5.41) is 34.5. The number of ether oxygens (including phenoxy) is 2. The Morgan fingerprint density at radius 2 is 1.52 bits per heavy atom. The van der Waals surface area contributed by atoms with E-state index in [4.69, 9.17) is 14.3 Å². The number of aliphatic imine (C=N–C) groups is 1. The molecule has 0 radical (unpaired) electrons. The van der Waals surface area contributed by atoms with Crippen molar-refractivity contribution in [3.8, 4) is 23.3 Å². The van der Waals surface area contributed by atoms with Gasteiger partial charge in [-0.2, -0.15) is 4.68 Å². The fraction of sp³-hybridized carbons (Fsp3) is 0.231. The number of carbonyl (C=O) groups excluding carboxylic acids is 2. The Kier molecular flexibility index (Phi) is 12.8. The maximum absolute atomic E-state index is 13.1. The third-order valence-electron chi connectivity index (χ3n) is 4.95. The third kappa shape index (κ3) is 10.1. The molecule has 4 rings (SSSR count). The average molecular weight is 617 g/mol. The van der Waals surface area contributed by atoms with Crippen LogP contribution in [0.1, 0.15) is 25.2 Å². The Labute approximate surface area is 247 Å². The Balaban J connectivity index is 0.000000272. The van der Waals surface area contributed by atoms with E-state index in [0.717, 1.165) is 40.7 Å². The van der Waals surface area contributed by atoms with E-state index in [9.17, 15) is 33.8 Å². The number of isocyanates is 1. The minimum absolute atomic E-state index is 0.00142. The molecule has 0 saturated carbocycles. The van der Waals surface area contributed by atoms with Gasteiger partial charge in [0, 0.05) is 30.9 Å². The molecule has 2 aromatic heterocycles. The summed E-state index contributed by atoms with van der Waals surface area (Å²) in [6.07, 6.45) is 1.39. The van der Waals surface area contributed by atoms with Gasteiger partial charge in [0.15, 0.2) is 0 Å². The van der Waals surface area contributed by atoms with Crippen LogP contribution >= 0.6 is 0 Å². The zero-order valence-electron chi connectivity index (χ0n) is 23.7. The van der Waals surface area contributed by atoms with Crippen molar-refractivity contribution in [1.82, 2.24) is 25.3 Å². The highest BCUT2D eigenvalue weighted by atomic mass is 19.1. The van der Waals surface area contributed by atoms with E-state index in [2.05, 4.69) is 25.6 Å². The number of nitrogens with zero attached hydrogens (tertiary/aromatic N) is 6. The topological polar surface area (TPSA) is 210 Å². The molecular weight excluding hydrogens is 590 g/mol. The second kappa shape index (κ2) is 16.4. The minimum atomic E-state index is -0.758. The summed E-state index contributed by atoms with van der Waals surface area (Å²) in [5.41, 5.74) is 0.284. The van der Waals surface area contributed by atoms with Gasteiger partial charge in [0.05, 0.1) is 27.7 Å². The Morgan fingerprint density at radius 3 is 1.93 bits per heavy atom. The van der Waals surface area contributed by atoms with E-state index in [1.807, 2.05) is 0 Å². The number of aryl methyl sites for hydroxylation is 2. The molecule has 4 aromatic rings. The van der Waals surface area contributed by atoms with Crippen LogP contribution in [-0.4, -0.2) is 55.0 Å². The number of amides is 1. The largest absolute Gasteiger partial charge is 0.430 e. The molecule has 2 heterocycles. The zero-order chi connectivity index (χ0) is 32.8. The van der Waals surface area contributed by atoms with Gasteiger partial charge in [0.25, 0.3) is 0 Å². The first-order valence-electron chi connectivity index (χ1n) is 12.5. The number of hydrogen-bond donors (Lipinski definition) is 2. The van der Waals surface area contributed by atoms with Gasteiger partial charge in [-0.05, 0) is 52.0 Å². The van der Waals surface area contributed by atoms with Crippen molar-refractivity contribution < 1.29 is 37.7 Å². The van der Waals surface area contributed by atoms with Crippen LogP contribution in [0.3, 0.4) is 0 Å². The molecule has 2 aromatic carbocycles. The van der Waals surface area contributed by atoms with Crippen molar-refractivity contribution in [2.24, 2.45) is 4.99 Å². The smallest absolute Gasteiger partial charge is 0.342 e. The van der Waals surface area contributed by atoms with E-state index in [1.54, 1.807) is 33.8 Å². The molecule has 232 valence electrons. The van der Waals surface area contributed by atoms with Crippen LogP contribution in [0, 0.1) is 45.7 Å². The van der Waals surface area contributed by atoms with Crippen LogP contribution < -0.4 is 14.8 Å². The lowest BCUT2D eigenvalue weighted by molar-refractivity contribution is -0.386. The first-order chi connectivity index (χ1) is 20.9. The van der Waals surface area contributed by atoms with Gasteiger partial charge in [-0.1, -0.05) is 0 Å². The molecule has 0 fully saturated rings. The second-order valence-electron chi connectivity index (χ2n) is 8.27. The number of nitro benzene ring substituents is 2. The summed E-state index contributed by atoms with van der Waals surface area (Å²) < 4.78 is 37.5. The highest BCUT2D eigenvalue weighted by Gasteiger charge is 2.20. The average Bonchev–Trinajstić information content (AvgIpc) is 3.55. The molecule has 0 spiro atoms. The molecule has 0 aliphatic heterocycles. The van der Waals surface area contributed by atoms with Crippen LogP contribution in [0.5, 0.6) is 23.3 Å². The molecule has 16 nitrogen and oxygen atoms in total. The standard InChI is InChI=1S/C13H13FN4O4.C10H8FN3O3.C3H5NO/c1-3-15-13(19)17-8(2)6-12(16-17)22-11-5-4-9(14)7-10(11)18(20)21;1-6-4-10(13-12-6)17-9-3-2-7(11)5-8(9)14(15)16;1-2-4-3-5/h4-7H,3H2,1-2H3,(H,15,19);2-5H,1H3,(H,12,13);2H2,1H3. The van der Waals surface area contributed by atoms with Crippen molar-refractivity contribution in [2.45, 2.75) is 27.7 Å². The lowest BCUT2D eigenvalue weighted by atomic mass is 10.3. The highest BCUT2D eigenvalue weighted by Crippen LogP contribution is 2.32. The number of aromatic amines is 1. The molecule has 0 bridgehead atoms. The van der Waals surface area contributed by atoms with E-state index in [-0.39, 0.29) is 23.3 Å². The van der Waals surface area contributed by atoms with Crippen LogP contribution in [0.4, 0.5) is 25.0 Å². The monoisotopic (exact) mass is 616 g/mol. The SMILES string of the molecule is CCN=C=O.CCNC(=O)n1nc(Oc2ccc(F)cc2[N+](=O)[O-])cc1C.Cc1cc(Oc2ccc(F)cc2[N+](=O)[O-])n[nH]1. The molecule has 2 N–H and O–H groups in total. The van der Waals surface area contributed by atoms with E-state index < -0.39 is 38.9 Å². The number of benzene rings is 2. The molecule has 1 amide bonds. The number of aromatic nitrogens is 4. The summed E-state index contributed by atoms with van der Waals surface area (Å²) >= 11 is 0. The third-order valence-corrected chi connectivity index (χ3v) is 4.95. The molecule has 18 heteroatoms. The van der Waals surface area contributed by atoms with Crippen molar-refractivity contribution >= 4 is 23.5 Å². The van der Waals surface area contributed by atoms with Gasteiger partial charge in [0.1, 0.15) is 11.6 Å². The van der Waals surface area contributed by atoms with Crippen molar-refractivity contribution in [1.29, 1.82) is 0 Å². The van der Waals surface area contributed by atoms with Crippen molar-refractivity contribution in [2.75, 3.05) is 13.1 Å². The molecule has 0 aliphatic carbocycles. The van der Waals surface area contributed by atoms with Gasteiger partial charge in [-0.25, -0.2) is 23.4 Å². The number of nitro groups is 2. The summed E-state index contributed by atoms with van der Waals surface area (Å²) in [7, 11) is 0. The number of H-pyrrole nitrogens is 1.